The van der Waals surface area contributed by atoms with Crippen LogP contribution in [0, 0.1) is 6.92 Å². The molecule has 7 nitrogen and oxygen atoms in total. The lowest BCUT2D eigenvalue weighted by Gasteiger charge is -2.24. The van der Waals surface area contributed by atoms with E-state index in [9.17, 15) is 18.0 Å². The molecule has 1 aliphatic rings. The predicted octanol–water partition coefficient (Wildman–Crippen LogP) is 3.66. The van der Waals surface area contributed by atoms with Crippen LogP contribution < -0.4 is 10.1 Å². The van der Waals surface area contributed by atoms with Gasteiger partial charge in [0.2, 0.25) is 11.8 Å². The Bertz CT molecular complexity index is 1060. The van der Waals surface area contributed by atoms with Gasteiger partial charge in [-0.05, 0) is 67.6 Å². The summed E-state index contributed by atoms with van der Waals surface area (Å²) in [6.45, 7) is 3.85. The minimum atomic E-state index is -4.17. The van der Waals surface area contributed by atoms with E-state index in [2.05, 4.69) is 12.2 Å². The van der Waals surface area contributed by atoms with Crippen molar-refractivity contribution in [1.82, 2.24) is 4.31 Å². The van der Waals surface area contributed by atoms with Gasteiger partial charge in [0, 0.05) is 12.1 Å². The molecule has 0 spiro atoms. The van der Waals surface area contributed by atoms with Crippen LogP contribution in [-0.4, -0.2) is 37.7 Å². The van der Waals surface area contributed by atoms with Crippen LogP contribution in [0.4, 0.5) is 5.69 Å². The summed E-state index contributed by atoms with van der Waals surface area (Å²) in [7, 11) is -2.67. The van der Waals surface area contributed by atoms with Gasteiger partial charge in [-0.2, -0.15) is 0 Å². The molecule has 1 atom stereocenters. The Balaban J connectivity index is 1.80. The molecule has 2 aromatic carbocycles. The summed E-state index contributed by atoms with van der Waals surface area (Å²) in [6.07, 6.45) is 3.31. The highest BCUT2D eigenvalue weighted by molar-refractivity contribution is 7.89. The molecule has 1 aliphatic heterocycles. The molecule has 166 valence electrons. The van der Waals surface area contributed by atoms with Crippen LogP contribution in [0.1, 0.15) is 43.7 Å². The number of hydrogen-bond donors (Lipinski definition) is 1. The van der Waals surface area contributed by atoms with Crippen molar-refractivity contribution in [3.8, 4) is 5.75 Å². The van der Waals surface area contributed by atoms with Gasteiger partial charge >= 0.3 is 0 Å². The fourth-order valence-corrected chi connectivity index (χ4v) is 5.38. The summed E-state index contributed by atoms with van der Waals surface area (Å²) in [5.41, 5.74) is 2.37. The Kier molecular flexibility index (Phi) is 7.00. The average Bonchev–Trinajstić information content (AvgIpc) is 3.15. The highest BCUT2D eigenvalue weighted by Crippen LogP contribution is 2.30. The molecule has 0 aliphatic carbocycles. The van der Waals surface area contributed by atoms with Gasteiger partial charge in [0.15, 0.2) is 0 Å². The lowest BCUT2D eigenvalue weighted by atomic mass is 10.1. The van der Waals surface area contributed by atoms with Crippen molar-refractivity contribution >= 4 is 27.5 Å². The molecular formula is C23H28N2O5S. The van der Waals surface area contributed by atoms with E-state index in [0.717, 1.165) is 23.6 Å². The summed E-state index contributed by atoms with van der Waals surface area (Å²) in [6, 6.07) is 10.8. The van der Waals surface area contributed by atoms with Crippen molar-refractivity contribution in [3.05, 3.63) is 53.6 Å². The average molecular weight is 445 g/mol. The maximum atomic E-state index is 13.2. The molecule has 31 heavy (non-hydrogen) atoms. The molecule has 2 amide bonds. The van der Waals surface area contributed by atoms with Crippen molar-refractivity contribution < 1.29 is 22.7 Å². The van der Waals surface area contributed by atoms with Gasteiger partial charge in [-0.3, -0.25) is 9.59 Å². The Morgan fingerprint density at radius 1 is 1.19 bits per heavy atom. The zero-order valence-electron chi connectivity index (χ0n) is 18.1. The molecule has 2 aromatic rings. The van der Waals surface area contributed by atoms with Crippen LogP contribution >= 0.6 is 0 Å². The number of anilines is 1. The zero-order valence-corrected chi connectivity index (χ0v) is 18.9. The van der Waals surface area contributed by atoms with E-state index in [1.807, 2.05) is 12.1 Å². The SMILES string of the molecule is CCCCc1ccc(NC(=O)[C@H]2CCC(=O)N2S(=O)(=O)c2ccc(OC)c(C)c2)cc1. The molecule has 1 heterocycles. The van der Waals surface area contributed by atoms with Gasteiger partial charge in [0.1, 0.15) is 11.8 Å². The van der Waals surface area contributed by atoms with Crippen molar-refractivity contribution in [3.63, 3.8) is 0 Å². The number of carbonyl (C=O) groups is 2. The highest BCUT2D eigenvalue weighted by Gasteiger charge is 2.44. The Hall–Kier alpha value is -2.87. The van der Waals surface area contributed by atoms with Gasteiger partial charge < -0.3 is 10.1 Å². The van der Waals surface area contributed by atoms with Crippen molar-refractivity contribution in [2.24, 2.45) is 0 Å². The van der Waals surface area contributed by atoms with Crippen molar-refractivity contribution in [2.45, 2.75) is 56.9 Å². The van der Waals surface area contributed by atoms with Gasteiger partial charge in [-0.1, -0.05) is 25.5 Å². The number of ether oxygens (including phenoxy) is 1. The van der Waals surface area contributed by atoms with Crippen LogP contribution in [-0.2, 0) is 26.0 Å². The van der Waals surface area contributed by atoms with E-state index in [0.29, 0.717) is 17.0 Å². The van der Waals surface area contributed by atoms with E-state index in [-0.39, 0.29) is 17.7 Å². The molecule has 0 aromatic heterocycles. The third-order valence-corrected chi connectivity index (χ3v) is 7.25. The van der Waals surface area contributed by atoms with E-state index < -0.39 is 27.9 Å². The minimum Gasteiger partial charge on any atom is -0.496 e. The van der Waals surface area contributed by atoms with Crippen molar-refractivity contribution in [1.29, 1.82) is 0 Å². The largest absolute Gasteiger partial charge is 0.496 e. The Morgan fingerprint density at radius 2 is 1.90 bits per heavy atom. The maximum absolute atomic E-state index is 13.2. The zero-order chi connectivity index (χ0) is 22.6. The molecule has 1 saturated heterocycles. The molecule has 0 radical (unpaired) electrons. The number of methoxy groups -OCH3 is 1. The molecule has 0 bridgehead atoms. The van der Waals surface area contributed by atoms with Gasteiger partial charge in [0.25, 0.3) is 10.0 Å². The molecule has 1 fully saturated rings. The van der Waals surface area contributed by atoms with E-state index in [1.54, 1.807) is 19.1 Å². The second-order valence-electron chi connectivity index (χ2n) is 7.67. The standard InChI is InChI=1S/C23H28N2O5S/c1-4-5-6-17-7-9-18(10-8-17)24-23(27)20-12-14-22(26)25(20)31(28,29)19-11-13-21(30-3)16(2)15-19/h7-11,13,15,20H,4-6,12,14H2,1-3H3,(H,24,27)/t20-/m1/s1. The van der Waals surface area contributed by atoms with Crippen LogP contribution in [0.25, 0.3) is 0 Å². The van der Waals surface area contributed by atoms with Crippen LogP contribution in [0.5, 0.6) is 5.75 Å². The summed E-state index contributed by atoms with van der Waals surface area (Å²) in [5.74, 6) is -0.548. The third kappa shape index (κ3) is 4.90. The summed E-state index contributed by atoms with van der Waals surface area (Å²) < 4.78 is 32.3. The van der Waals surface area contributed by atoms with Gasteiger partial charge in [0.05, 0.1) is 12.0 Å². The first-order chi connectivity index (χ1) is 14.8. The van der Waals surface area contributed by atoms with E-state index in [1.165, 1.54) is 30.9 Å². The lowest BCUT2D eigenvalue weighted by Crippen LogP contribution is -2.45. The fraction of sp³-hybridized carbons (Fsp3) is 0.391. The number of sulfonamides is 1. The number of carbonyl (C=O) groups excluding carboxylic acids is 2. The predicted molar refractivity (Wildman–Crippen MR) is 118 cm³/mol. The van der Waals surface area contributed by atoms with Crippen LogP contribution in [0.15, 0.2) is 47.4 Å². The highest BCUT2D eigenvalue weighted by atomic mass is 32.2. The third-order valence-electron chi connectivity index (χ3n) is 5.43. The monoisotopic (exact) mass is 444 g/mol. The number of nitrogens with zero attached hydrogens (tertiary/aromatic N) is 1. The summed E-state index contributed by atoms with van der Waals surface area (Å²) in [5, 5.41) is 2.75. The Labute approximate surface area is 183 Å². The summed E-state index contributed by atoms with van der Waals surface area (Å²) in [4.78, 5) is 25.3. The topological polar surface area (TPSA) is 92.8 Å². The number of hydrogen-bond acceptors (Lipinski definition) is 5. The van der Waals surface area contributed by atoms with Crippen LogP contribution in [0.3, 0.4) is 0 Å². The number of amides is 2. The smallest absolute Gasteiger partial charge is 0.267 e. The van der Waals surface area contributed by atoms with Gasteiger partial charge in [-0.25, -0.2) is 12.7 Å². The number of rotatable bonds is 8. The maximum Gasteiger partial charge on any atom is 0.267 e. The number of nitrogens with one attached hydrogen (secondary N) is 1. The van der Waals surface area contributed by atoms with E-state index in [4.69, 9.17) is 4.74 Å². The Morgan fingerprint density at radius 3 is 2.52 bits per heavy atom. The van der Waals surface area contributed by atoms with Crippen LogP contribution in [0.2, 0.25) is 0 Å². The first kappa shape index (κ1) is 22.8. The summed E-state index contributed by atoms with van der Waals surface area (Å²) >= 11 is 0. The molecule has 0 saturated carbocycles. The van der Waals surface area contributed by atoms with E-state index >= 15 is 0 Å². The normalized spacial score (nSPS) is 16.4. The first-order valence-corrected chi connectivity index (χ1v) is 11.8. The second kappa shape index (κ2) is 9.51. The molecule has 8 heteroatoms. The number of aryl methyl sites for hydroxylation is 2. The number of benzene rings is 2. The second-order valence-corrected chi connectivity index (χ2v) is 9.49. The lowest BCUT2D eigenvalue weighted by molar-refractivity contribution is -0.128. The first-order valence-electron chi connectivity index (χ1n) is 10.4. The number of unbranched alkanes of at least 4 members (excludes halogenated alkanes) is 1. The quantitative estimate of drug-likeness (QED) is 0.671. The van der Waals surface area contributed by atoms with Gasteiger partial charge in [-0.15, -0.1) is 0 Å². The molecular weight excluding hydrogens is 416 g/mol. The molecule has 3 rings (SSSR count). The fourth-order valence-electron chi connectivity index (χ4n) is 3.69. The molecule has 1 N–H and O–H groups in total. The minimum absolute atomic E-state index is 0.00239. The van der Waals surface area contributed by atoms with Crippen molar-refractivity contribution in [2.75, 3.05) is 12.4 Å². The molecule has 0 unspecified atom stereocenters.